The molecule has 0 aromatic rings. The van der Waals surface area contributed by atoms with Crippen molar-refractivity contribution < 1.29 is 19.3 Å². The molecule has 16 heavy (non-hydrogen) atoms. The average Bonchev–Trinajstić information content (AvgIpc) is 2.04. The van der Waals surface area contributed by atoms with Gasteiger partial charge in [0.25, 0.3) is 0 Å². The Hall–Kier alpha value is -1.46. The molecule has 0 saturated carbocycles. The van der Waals surface area contributed by atoms with Gasteiger partial charge in [0.2, 0.25) is 0 Å². The van der Waals surface area contributed by atoms with Crippen LogP contribution in [-0.2, 0) is 9.68 Å². The van der Waals surface area contributed by atoms with E-state index in [2.05, 4.69) is 0 Å². The molecule has 0 atom stereocenters. The minimum Gasteiger partial charge on any atom is -0.299 e. The monoisotopic (exact) mass is 230 g/mol. The van der Waals surface area contributed by atoms with Gasteiger partial charge in [-0.25, -0.2) is 4.79 Å². The number of amides is 2. The van der Waals surface area contributed by atoms with Gasteiger partial charge < -0.3 is 0 Å². The standard InChI is InChI=1S/C10H18N2O4/c1-9(2,3)11-7(13)12(10(4,5)6)16-8(14)15-11/h1-6H3. The molecule has 0 bridgehead atoms. The minimum atomic E-state index is -0.899. The van der Waals surface area contributed by atoms with E-state index in [1.807, 2.05) is 0 Å². The second kappa shape index (κ2) is 3.54. The van der Waals surface area contributed by atoms with E-state index in [1.165, 1.54) is 0 Å². The third-order valence-corrected chi connectivity index (χ3v) is 1.90. The van der Waals surface area contributed by atoms with Crippen molar-refractivity contribution >= 4 is 12.2 Å². The van der Waals surface area contributed by atoms with Crippen molar-refractivity contribution in [3.63, 3.8) is 0 Å². The van der Waals surface area contributed by atoms with Gasteiger partial charge in [-0.1, -0.05) is 0 Å². The summed E-state index contributed by atoms with van der Waals surface area (Å²) in [7, 11) is 0. The van der Waals surface area contributed by atoms with Gasteiger partial charge >= 0.3 is 12.2 Å². The molecule has 92 valence electrons. The van der Waals surface area contributed by atoms with Gasteiger partial charge in [-0.2, -0.15) is 4.79 Å². The van der Waals surface area contributed by atoms with Crippen LogP contribution in [0.5, 0.6) is 0 Å². The van der Waals surface area contributed by atoms with Crippen molar-refractivity contribution in [2.75, 3.05) is 0 Å². The van der Waals surface area contributed by atoms with E-state index < -0.39 is 23.3 Å². The molecule has 0 unspecified atom stereocenters. The highest BCUT2D eigenvalue weighted by molar-refractivity contribution is 5.79. The van der Waals surface area contributed by atoms with Crippen LogP contribution in [0.1, 0.15) is 41.5 Å². The molecule has 1 heterocycles. The first-order chi connectivity index (χ1) is 7.03. The van der Waals surface area contributed by atoms with Crippen molar-refractivity contribution in [2.24, 2.45) is 0 Å². The van der Waals surface area contributed by atoms with Crippen molar-refractivity contribution in [3.8, 4) is 0 Å². The van der Waals surface area contributed by atoms with Crippen molar-refractivity contribution in [1.82, 2.24) is 10.1 Å². The van der Waals surface area contributed by atoms with Crippen LogP contribution >= 0.6 is 0 Å². The quantitative estimate of drug-likeness (QED) is 0.640. The van der Waals surface area contributed by atoms with Gasteiger partial charge in [-0.15, -0.1) is 10.1 Å². The molecular formula is C10H18N2O4. The summed E-state index contributed by atoms with van der Waals surface area (Å²) in [6, 6.07) is -0.486. The van der Waals surface area contributed by atoms with Gasteiger partial charge in [0, 0.05) is 0 Å². The summed E-state index contributed by atoms with van der Waals surface area (Å²) in [6.45, 7) is 10.6. The average molecular weight is 230 g/mol. The van der Waals surface area contributed by atoms with E-state index in [4.69, 9.17) is 9.68 Å². The number of carbonyl (C=O) groups excluding carboxylic acids is 2. The van der Waals surface area contributed by atoms with Crippen molar-refractivity contribution in [2.45, 2.75) is 52.6 Å². The number of hydrogen-bond donors (Lipinski definition) is 0. The van der Waals surface area contributed by atoms with Gasteiger partial charge in [0.05, 0.1) is 11.1 Å². The lowest BCUT2D eigenvalue weighted by Crippen LogP contribution is -2.61. The Labute approximate surface area is 95.0 Å². The van der Waals surface area contributed by atoms with E-state index in [0.717, 1.165) is 10.1 Å². The fourth-order valence-electron chi connectivity index (χ4n) is 1.17. The van der Waals surface area contributed by atoms with Crippen LogP contribution in [0.2, 0.25) is 0 Å². The highest BCUT2D eigenvalue weighted by Gasteiger charge is 2.45. The van der Waals surface area contributed by atoms with Crippen LogP contribution in [0.15, 0.2) is 0 Å². The first-order valence-electron chi connectivity index (χ1n) is 5.08. The molecule has 6 nitrogen and oxygen atoms in total. The minimum absolute atomic E-state index is 0.486. The Balaban J connectivity index is 3.00. The molecule has 6 heteroatoms. The first kappa shape index (κ1) is 12.6. The predicted octanol–water partition coefficient (Wildman–Crippen LogP) is 2.30. The Morgan fingerprint density at radius 1 is 0.812 bits per heavy atom. The van der Waals surface area contributed by atoms with Crippen LogP contribution in [0.4, 0.5) is 9.59 Å². The number of nitrogens with zero attached hydrogens (tertiary/aromatic N) is 2. The highest BCUT2D eigenvalue weighted by Crippen LogP contribution is 2.26. The third kappa shape index (κ3) is 2.37. The number of carbonyl (C=O) groups is 2. The zero-order chi connectivity index (χ0) is 12.7. The van der Waals surface area contributed by atoms with E-state index in [0.29, 0.717) is 0 Å². The number of hydroxylamine groups is 4. The Bertz CT molecular complexity index is 286. The zero-order valence-corrected chi connectivity index (χ0v) is 10.5. The molecule has 0 radical (unpaired) electrons. The number of urea groups is 1. The second-order valence-electron chi connectivity index (χ2n) is 5.65. The highest BCUT2D eigenvalue weighted by atomic mass is 16.9. The topological polar surface area (TPSA) is 59.1 Å². The summed E-state index contributed by atoms with van der Waals surface area (Å²) < 4.78 is 0. The fourth-order valence-corrected chi connectivity index (χ4v) is 1.17. The molecule has 1 fully saturated rings. The molecular weight excluding hydrogens is 212 g/mol. The van der Waals surface area contributed by atoms with Gasteiger partial charge in [-0.05, 0) is 41.5 Å². The van der Waals surface area contributed by atoms with Crippen LogP contribution in [-0.4, -0.2) is 33.4 Å². The van der Waals surface area contributed by atoms with Crippen LogP contribution in [0, 0.1) is 0 Å². The van der Waals surface area contributed by atoms with Crippen molar-refractivity contribution in [3.05, 3.63) is 0 Å². The van der Waals surface area contributed by atoms with Gasteiger partial charge in [0.1, 0.15) is 0 Å². The Morgan fingerprint density at radius 3 is 1.38 bits per heavy atom. The summed E-state index contributed by atoms with van der Waals surface area (Å²) in [5.74, 6) is 0. The van der Waals surface area contributed by atoms with E-state index >= 15 is 0 Å². The lowest BCUT2D eigenvalue weighted by Gasteiger charge is -2.43. The summed E-state index contributed by atoms with van der Waals surface area (Å²) in [5.41, 5.74) is -1.22. The predicted molar refractivity (Wildman–Crippen MR) is 56.1 cm³/mol. The zero-order valence-electron chi connectivity index (χ0n) is 10.5. The summed E-state index contributed by atoms with van der Waals surface area (Å²) >= 11 is 0. The van der Waals surface area contributed by atoms with Gasteiger partial charge in [0.15, 0.2) is 0 Å². The molecule has 0 aliphatic carbocycles. The molecule has 1 saturated heterocycles. The molecule has 0 aromatic carbocycles. The van der Waals surface area contributed by atoms with Crippen LogP contribution < -0.4 is 0 Å². The Morgan fingerprint density at radius 2 is 1.12 bits per heavy atom. The summed E-state index contributed by atoms with van der Waals surface area (Å²) in [4.78, 5) is 32.8. The first-order valence-corrected chi connectivity index (χ1v) is 5.08. The molecule has 1 aliphatic heterocycles. The van der Waals surface area contributed by atoms with E-state index in [9.17, 15) is 9.59 Å². The maximum absolute atomic E-state index is 12.0. The van der Waals surface area contributed by atoms with Gasteiger partial charge in [-0.3, -0.25) is 9.68 Å². The lowest BCUT2D eigenvalue weighted by molar-refractivity contribution is -0.253. The van der Waals surface area contributed by atoms with Crippen molar-refractivity contribution in [1.29, 1.82) is 0 Å². The van der Waals surface area contributed by atoms with Crippen LogP contribution in [0.3, 0.4) is 0 Å². The maximum atomic E-state index is 12.0. The van der Waals surface area contributed by atoms with E-state index in [-0.39, 0.29) is 0 Å². The smallest absolute Gasteiger partial charge is 0.299 e. The Kier molecular flexibility index (Phi) is 2.79. The molecule has 1 aliphatic rings. The molecule has 0 aromatic heterocycles. The fraction of sp³-hybridized carbons (Fsp3) is 0.800. The molecule has 2 amide bonds. The molecule has 1 rings (SSSR count). The van der Waals surface area contributed by atoms with E-state index in [1.54, 1.807) is 41.5 Å². The maximum Gasteiger partial charge on any atom is 0.559 e. The third-order valence-electron chi connectivity index (χ3n) is 1.90. The molecule has 0 spiro atoms. The number of hydrogen-bond acceptors (Lipinski definition) is 4. The summed E-state index contributed by atoms with van der Waals surface area (Å²) in [5, 5.41) is 2.04. The van der Waals surface area contributed by atoms with Crippen LogP contribution in [0.25, 0.3) is 0 Å². The normalized spacial score (nSPS) is 18.4. The summed E-state index contributed by atoms with van der Waals surface area (Å²) in [6.07, 6.45) is -0.899. The number of rotatable bonds is 0. The SMILES string of the molecule is CC(C)(C)N1OC(=O)ON(C(C)(C)C)C1=O. The lowest BCUT2D eigenvalue weighted by atomic mass is 10.1. The second-order valence-corrected chi connectivity index (χ2v) is 5.65. The largest absolute Gasteiger partial charge is 0.559 e. The molecule has 0 N–H and O–H groups in total.